The van der Waals surface area contributed by atoms with Gasteiger partial charge in [0.15, 0.2) is 0 Å². The second-order valence-electron chi connectivity index (χ2n) is 13.5. The highest BCUT2D eigenvalue weighted by molar-refractivity contribution is 7.89. The van der Waals surface area contributed by atoms with Gasteiger partial charge in [0.05, 0.1) is 56.1 Å². The van der Waals surface area contributed by atoms with Gasteiger partial charge >= 0.3 is 6.03 Å². The first-order valence-electron chi connectivity index (χ1n) is 18.2. The van der Waals surface area contributed by atoms with Crippen molar-refractivity contribution in [2.45, 2.75) is 23.9 Å². The van der Waals surface area contributed by atoms with E-state index in [-0.39, 0.29) is 55.5 Å². The molecule has 296 valence electrons. The van der Waals surface area contributed by atoms with Crippen molar-refractivity contribution in [1.29, 1.82) is 0 Å². The van der Waals surface area contributed by atoms with Crippen LogP contribution < -0.4 is 4.74 Å². The number of rotatable bonds is 9. The summed E-state index contributed by atoms with van der Waals surface area (Å²) < 4.78 is 45.8. The van der Waals surface area contributed by atoms with Gasteiger partial charge in [-0.15, -0.1) is 12.4 Å². The van der Waals surface area contributed by atoms with Crippen molar-refractivity contribution in [2.75, 3.05) is 91.9 Å². The Balaban J connectivity index is 0.00000514. The average molecular weight is 836 g/mol. The lowest BCUT2D eigenvalue weighted by Crippen LogP contribution is -2.56. The molecule has 3 saturated heterocycles. The number of amidine groups is 1. The number of nitrogens with zero attached hydrogens (tertiary/aromatic N) is 6. The minimum Gasteiger partial charge on any atom is -0.493 e. The lowest BCUT2D eigenvalue weighted by Gasteiger charge is -2.39. The number of carbonyl (C=O) groups is 2. The molecule has 55 heavy (non-hydrogen) atoms. The van der Waals surface area contributed by atoms with Gasteiger partial charge in [-0.1, -0.05) is 47.5 Å². The van der Waals surface area contributed by atoms with Gasteiger partial charge in [0.1, 0.15) is 17.6 Å². The lowest BCUT2D eigenvalue weighted by atomic mass is 9.93. The van der Waals surface area contributed by atoms with Crippen LogP contribution in [0.1, 0.15) is 35.7 Å². The van der Waals surface area contributed by atoms with Crippen molar-refractivity contribution in [1.82, 2.24) is 23.9 Å². The van der Waals surface area contributed by atoms with E-state index in [1.165, 1.54) is 10.4 Å². The van der Waals surface area contributed by atoms with Crippen LogP contribution in [-0.2, 0) is 24.3 Å². The molecule has 3 amide bonds. The molecule has 0 spiro atoms. The largest absolute Gasteiger partial charge is 0.493 e. The van der Waals surface area contributed by atoms with Crippen LogP contribution in [0.15, 0.2) is 76.6 Å². The first kappa shape index (κ1) is 41.2. The second-order valence-corrected chi connectivity index (χ2v) is 16.3. The van der Waals surface area contributed by atoms with E-state index in [1.807, 2.05) is 36.1 Å². The number of morpholine rings is 2. The lowest BCUT2D eigenvalue weighted by molar-refractivity contribution is -0.136. The third-order valence-corrected chi connectivity index (χ3v) is 12.6. The summed E-state index contributed by atoms with van der Waals surface area (Å²) >= 11 is 12.7. The van der Waals surface area contributed by atoms with Gasteiger partial charge in [0.2, 0.25) is 15.9 Å². The zero-order valence-corrected chi connectivity index (χ0v) is 33.7. The van der Waals surface area contributed by atoms with E-state index in [1.54, 1.807) is 46.2 Å². The number of piperazine rings is 1. The maximum atomic E-state index is 15.0. The highest BCUT2D eigenvalue weighted by atomic mass is 35.5. The van der Waals surface area contributed by atoms with Crippen LogP contribution in [0.3, 0.4) is 0 Å². The molecule has 7 rings (SSSR count). The Morgan fingerprint density at radius 2 is 1.36 bits per heavy atom. The van der Waals surface area contributed by atoms with Crippen molar-refractivity contribution in [3.05, 3.63) is 93.5 Å². The van der Waals surface area contributed by atoms with E-state index in [0.29, 0.717) is 92.9 Å². The van der Waals surface area contributed by atoms with Crippen LogP contribution in [0.5, 0.6) is 5.75 Å². The molecule has 3 aromatic rings. The van der Waals surface area contributed by atoms with Crippen LogP contribution in [-0.4, -0.2) is 142 Å². The Kier molecular flexibility index (Phi) is 13.6. The zero-order chi connectivity index (χ0) is 37.8. The number of carbonyl (C=O) groups excluding carboxylic acids is 2. The molecule has 2 atom stereocenters. The monoisotopic (exact) mass is 834 g/mol. The van der Waals surface area contributed by atoms with Crippen molar-refractivity contribution < 1.29 is 32.2 Å². The molecule has 0 radical (unpaired) electrons. The standard InChI is InChI=1S/C38H44Cl2N6O7S.ClH/c1-2-53-33-25-31(54(49,50)45-19-23-52-24-20-45)11-12-32(33)37-41-35(27-3-7-29(39)8-4-27)36(28-5-9-30(40)10-6-28)46(37)38(48)44-15-13-42(14-16-44)26-34(47)43-17-21-51-22-18-43;/h3-12,25,35-36H,2,13-24,26H2,1H3;1H/t35-,36+;/m0./s1. The van der Waals surface area contributed by atoms with Crippen molar-refractivity contribution >= 4 is 63.4 Å². The molecule has 0 aromatic heterocycles. The van der Waals surface area contributed by atoms with Gasteiger partial charge in [-0.05, 0) is 54.4 Å². The van der Waals surface area contributed by atoms with E-state index < -0.39 is 22.1 Å². The molecule has 4 aliphatic rings. The Bertz CT molecular complexity index is 1950. The minimum absolute atomic E-state index is 0. The Labute approximate surface area is 338 Å². The van der Waals surface area contributed by atoms with Crippen LogP contribution in [0.2, 0.25) is 10.0 Å². The highest BCUT2D eigenvalue weighted by Crippen LogP contribution is 2.46. The molecule has 0 aliphatic carbocycles. The summed E-state index contributed by atoms with van der Waals surface area (Å²) in [5.41, 5.74) is 2.13. The van der Waals surface area contributed by atoms with E-state index in [9.17, 15) is 13.2 Å². The summed E-state index contributed by atoms with van der Waals surface area (Å²) in [6.45, 7) is 7.57. The Hall–Kier alpha value is -3.47. The van der Waals surface area contributed by atoms with Crippen LogP contribution >= 0.6 is 35.6 Å². The van der Waals surface area contributed by atoms with E-state index in [4.69, 9.17) is 42.4 Å². The molecule has 4 heterocycles. The molecule has 0 bridgehead atoms. The zero-order valence-electron chi connectivity index (χ0n) is 30.5. The first-order chi connectivity index (χ1) is 26.1. The van der Waals surface area contributed by atoms with Gasteiger partial charge < -0.3 is 24.0 Å². The highest BCUT2D eigenvalue weighted by Gasteiger charge is 2.45. The fourth-order valence-electron chi connectivity index (χ4n) is 7.27. The topological polar surface area (TPSA) is 125 Å². The van der Waals surface area contributed by atoms with Crippen molar-refractivity contribution in [3.63, 3.8) is 0 Å². The smallest absolute Gasteiger partial charge is 0.326 e. The number of aliphatic imine (C=N–C) groups is 1. The van der Waals surface area contributed by atoms with Crippen LogP contribution in [0, 0.1) is 0 Å². The third-order valence-electron chi connectivity index (χ3n) is 10.2. The van der Waals surface area contributed by atoms with Crippen LogP contribution in [0.25, 0.3) is 0 Å². The number of ether oxygens (including phenoxy) is 3. The molecule has 0 N–H and O–H groups in total. The number of amides is 3. The normalized spacial score (nSPS) is 21.2. The summed E-state index contributed by atoms with van der Waals surface area (Å²) in [7, 11) is -3.85. The van der Waals surface area contributed by atoms with Crippen molar-refractivity contribution in [2.24, 2.45) is 4.99 Å². The molecule has 17 heteroatoms. The maximum absolute atomic E-state index is 15.0. The van der Waals surface area contributed by atoms with Gasteiger partial charge in [-0.3, -0.25) is 19.6 Å². The predicted molar refractivity (Wildman–Crippen MR) is 212 cm³/mol. The molecule has 3 aromatic carbocycles. The molecular weight excluding hydrogens is 791 g/mol. The number of hydrogen-bond donors (Lipinski definition) is 0. The van der Waals surface area contributed by atoms with Gasteiger partial charge in [0, 0.05) is 68.5 Å². The first-order valence-corrected chi connectivity index (χ1v) is 20.4. The van der Waals surface area contributed by atoms with Gasteiger partial charge in [-0.2, -0.15) is 4.31 Å². The number of sulfonamides is 1. The minimum atomic E-state index is -3.85. The van der Waals surface area contributed by atoms with Crippen LogP contribution in [0.4, 0.5) is 4.79 Å². The number of urea groups is 1. The van der Waals surface area contributed by atoms with Gasteiger partial charge in [0.25, 0.3) is 0 Å². The van der Waals surface area contributed by atoms with Gasteiger partial charge in [-0.25, -0.2) is 13.2 Å². The average Bonchev–Trinajstić information content (AvgIpc) is 3.59. The summed E-state index contributed by atoms with van der Waals surface area (Å²) in [5.74, 6) is 0.702. The molecule has 13 nitrogen and oxygen atoms in total. The molecule has 3 fully saturated rings. The molecule has 4 aliphatic heterocycles. The van der Waals surface area contributed by atoms with E-state index in [2.05, 4.69) is 4.90 Å². The molecule has 0 saturated carbocycles. The van der Waals surface area contributed by atoms with Crippen molar-refractivity contribution in [3.8, 4) is 5.75 Å². The molecular formula is C38H45Cl3N6O7S. The maximum Gasteiger partial charge on any atom is 0.326 e. The Morgan fingerprint density at radius 1 is 0.782 bits per heavy atom. The number of benzene rings is 3. The number of hydrogen-bond acceptors (Lipinski definition) is 9. The quantitative estimate of drug-likeness (QED) is 0.296. The van der Waals surface area contributed by atoms with E-state index in [0.717, 1.165) is 11.1 Å². The summed E-state index contributed by atoms with van der Waals surface area (Å²) in [4.78, 5) is 40.8. The SMILES string of the molecule is CCOc1cc(S(=O)(=O)N2CCOCC2)ccc1C1=N[C@@H](c2ccc(Cl)cc2)[C@@H](c2ccc(Cl)cc2)N1C(=O)N1CCN(CC(=O)N2CCOCC2)CC1.Cl. The Morgan fingerprint density at radius 3 is 1.96 bits per heavy atom. The summed E-state index contributed by atoms with van der Waals surface area (Å²) in [5, 5.41) is 1.12. The van der Waals surface area contributed by atoms with E-state index >= 15 is 4.79 Å². The fraction of sp³-hybridized carbons (Fsp3) is 0.447. The third kappa shape index (κ3) is 9.07. The summed E-state index contributed by atoms with van der Waals surface area (Å²) in [6.07, 6.45) is 0. The summed E-state index contributed by atoms with van der Waals surface area (Å²) in [6, 6.07) is 18.1. The molecule has 0 unspecified atom stereocenters. The number of halogens is 3. The predicted octanol–water partition coefficient (Wildman–Crippen LogP) is 4.98. The fourth-order valence-corrected chi connectivity index (χ4v) is 8.94. The second kappa shape index (κ2) is 18.2.